The number of fused-ring (bicyclic) bond motifs is 1. The van der Waals surface area contributed by atoms with Crippen LogP contribution < -0.4 is 10.1 Å². The Bertz CT molecular complexity index is 785. The van der Waals surface area contributed by atoms with E-state index in [1.165, 1.54) is 5.56 Å². The fraction of sp³-hybridized carbons (Fsp3) is 0.188. The Morgan fingerprint density at radius 3 is 2.90 bits per heavy atom. The number of aromatic nitrogens is 1. The first-order chi connectivity index (χ1) is 10.2. The molecule has 0 unspecified atom stereocenters. The minimum absolute atomic E-state index is 0.693. The average molecular weight is 319 g/mol. The van der Waals surface area contributed by atoms with Crippen LogP contribution in [0.25, 0.3) is 10.2 Å². The molecule has 108 valence electrons. The molecule has 1 N–H and O–H groups in total. The molecule has 3 nitrogen and oxygen atoms in total. The number of hydrogen-bond donors (Lipinski definition) is 1. The summed E-state index contributed by atoms with van der Waals surface area (Å²) >= 11 is 7.90. The van der Waals surface area contributed by atoms with Crippen LogP contribution >= 0.6 is 22.9 Å². The molecule has 3 rings (SSSR count). The topological polar surface area (TPSA) is 34.1 Å². The number of halogens is 1. The van der Waals surface area contributed by atoms with Gasteiger partial charge in [0.1, 0.15) is 11.3 Å². The van der Waals surface area contributed by atoms with E-state index in [4.69, 9.17) is 16.3 Å². The Labute approximate surface area is 132 Å². The van der Waals surface area contributed by atoms with E-state index in [0.29, 0.717) is 11.6 Å². The Balaban J connectivity index is 1.85. The van der Waals surface area contributed by atoms with E-state index in [1.807, 2.05) is 36.7 Å². The van der Waals surface area contributed by atoms with Crippen molar-refractivity contribution in [1.82, 2.24) is 4.98 Å². The Kier molecular flexibility index (Phi) is 3.99. The van der Waals surface area contributed by atoms with Gasteiger partial charge in [0.2, 0.25) is 0 Å². The number of rotatable bonds is 4. The second kappa shape index (κ2) is 5.92. The fourth-order valence-corrected chi connectivity index (χ4v) is 3.22. The predicted octanol–water partition coefficient (Wildman–Crippen LogP) is 4.88. The van der Waals surface area contributed by atoms with Crippen LogP contribution in [0.5, 0.6) is 5.75 Å². The van der Waals surface area contributed by atoms with E-state index >= 15 is 0 Å². The van der Waals surface area contributed by atoms with Gasteiger partial charge in [0, 0.05) is 6.54 Å². The highest BCUT2D eigenvalue weighted by atomic mass is 35.5. The molecule has 0 amide bonds. The van der Waals surface area contributed by atoms with Gasteiger partial charge in [0.15, 0.2) is 0 Å². The third kappa shape index (κ3) is 2.82. The van der Waals surface area contributed by atoms with Gasteiger partial charge in [-0.1, -0.05) is 23.7 Å². The zero-order chi connectivity index (χ0) is 14.8. The molecule has 0 saturated carbocycles. The lowest BCUT2D eigenvalue weighted by Crippen LogP contribution is -2.01. The number of benzene rings is 2. The van der Waals surface area contributed by atoms with Crippen LogP contribution in [-0.4, -0.2) is 12.1 Å². The summed E-state index contributed by atoms with van der Waals surface area (Å²) in [4.78, 5) is 4.39. The van der Waals surface area contributed by atoms with Gasteiger partial charge in [-0.25, -0.2) is 4.98 Å². The predicted molar refractivity (Wildman–Crippen MR) is 89.7 cm³/mol. The SMILES string of the molecule is COc1ccc(CNc2c(Cl)ccc3scnc23)cc1C. The Morgan fingerprint density at radius 1 is 1.29 bits per heavy atom. The standard InChI is InChI=1S/C16H15ClN2OS/c1-10-7-11(3-5-13(10)20-2)8-18-15-12(17)4-6-14-16(15)19-9-21-14/h3-7,9,18H,8H2,1-2H3. The first-order valence-corrected chi connectivity index (χ1v) is 7.84. The van der Waals surface area contributed by atoms with E-state index in [9.17, 15) is 0 Å². The largest absolute Gasteiger partial charge is 0.496 e. The van der Waals surface area contributed by atoms with Crippen molar-refractivity contribution in [2.75, 3.05) is 12.4 Å². The number of methoxy groups -OCH3 is 1. The highest BCUT2D eigenvalue weighted by Gasteiger charge is 2.09. The zero-order valence-electron chi connectivity index (χ0n) is 11.8. The molecular weight excluding hydrogens is 304 g/mol. The highest BCUT2D eigenvalue weighted by Crippen LogP contribution is 2.32. The molecule has 1 heterocycles. The van der Waals surface area contributed by atoms with Crippen LogP contribution in [0, 0.1) is 6.92 Å². The number of nitrogens with zero attached hydrogens (tertiary/aromatic N) is 1. The summed E-state index contributed by atoms with van der Waals surface area (Å²) in [7, 11) is 1.68. The van der Waals surface area contributed by atoms with Crippen molar-refractivity contribution in [1.29, 1.82) is 0 Å². The maximum absolute atomic E-state index is 6.29. The summed E-state index contributed by atoms with van der Waals surface area (Å²) in [5, 5.41) is 4.09. The minimum Gasteiger partial charge on any atom is -0.496 e. The second-order valence-corrected chi connectivity index (χ2v) is 6.07. The van der Waals surface area contributed by atoms with Gasteiger partial charge in [-0.15, -0.1) is 11.3 Å². The maximum atomic E-state index is 6.29. The van der Waals surface area contributed by atoms with Gasteiger partial charge in [0.05, 0.1) is 28.0 Å². The number of aryl methyl sites for hydroxylation is 1. The molecule has 2 aromatic carbocycles. The summed E-state index contributed by atoms with van der Waals surface area (Å²) in [6, 6.07) is 10.0. The van der Waals surface area contributed by atoms with Crippen molar-refractivity contribution in [3.05, 3.63) is 52.0 Å². The molecule has 0 aliphatic rings. The molecule has 0 bridgehead atoms. The molecule has 0 spiro atoms. The smallest absolute Gasteiger partial charge is 0.121 e. The molecule has 0 radical (unpaired) electrons. The van der Waals surface area contributed by atoms with E-state index in [1.54, 1.807) is 18.4 Å². The molecule has 1 aromatic heterocycles. The Hall–Kier alpha value is -1.78. The van der Waals surface area contributed by atoms with Crippen molar-refractivity contribution >= 4 is 38.8 Å². The monoisotopic (exact) mass is 318 g/mol. The lowest BCUT2D eigenvalue weighted by atomic mass is 10.1. The molecule has 0 aliphatic heterocycles. The number of ether oxygens (including phenoxy) is 1. The Morgan fingerprint density at radius 2 is 2.14 bits per heavy atom. The summed E-state index contributed by atoms with van der Waals surface area (Å²) in [5.74, 6) is 0.901. The molecule has 0 aliphatic carbocycles. The first-order valence-electron chi connectivity index (χ1n) is 6.58. The summed E-state index contributed by atoms with van der Waals surface area (Å²) in [5.41, 5.74) is 5.96. The lowest BCUT2D eigenvalue weighted by molar-refractivity contribution is 0.411. The number of hydrogen-bond acceptors (Lipinski definition) is 4. The van der Waals surface area contributed by atoms with Crippen molar-refractivity contribution in [3.63, 3.8) is 0 Å². The number of nitrogens with one attached hydrogen (secondary N) is 1. The zero-order valence-corrected chi connectivity index (χ0v) is 13.4. The van der Waals surface area contributed by atoms with Crippen LogP contribution in [0.4, 0.5) is 5.69 Å². The lowest BCUT2D eigenvalue weighted by Gasteiger charge is -2.11. The molecule has 21 heavy (non-hydrogen) atoms. The summed E-state index contributed by atoms with van der Waals surface area (Å²) in [6.07, 6.45) is 0. The van der Waals surface area contributed by atoms with Gasteiger partial charge < -0.3 is 10.1 Å². The van der Waals surface area contributed by atoms with Crippen LogP contribution in [0.2, 0.25) is 5.02 Å². The number of thiazole rings is 1. The van der Waals surface area contributed by atoms with Gasteiger partial charge in [-0.05, 0) is 36.2 Å². The number of anilines is 1. The van der Waals surface area contributed by atoms with Gasteiger partial charge in [-0.2, -0.15) is 0 Å². The van der Waals surface area contributed by atoms with Crippen LogP contribution in [0.15, 0.2) is 35.8 Å². The third-order valence-corrected chi connectivity index (χ3v) is 4.49. The highest BCUT2D eigenvalue weighted by molar-refractivity contribution is 7.16. The van der Waals surface area contributed by atoms with Gasteiger partial charge in [-0.3, -0.25) is 0 Å². The van der Waals surface area contributed by atoms with E-state index in [0.717, 1.165) is 27.2 Å². The molecular formula is C16H15ClN2OS. The fourth-order valence-electron chi connectivity index (χ4n) is 2.32. The van der Waals surface area contributed by atoms with Crippen LogP contribution in [-0.2, 0) is 6.54 Å². The maximum Gasteiger partial charge on any atom is 0.121 e. The molecule has 0 atom stereocenters. The van der Waals surface area contributed by atoms with Gasteiger partial charge >= 0.3 is 0 Å². The van der Waals surface area contributed by atoms with Crippen LogP contribution in [0.3, 0.4) is 0 Å². The molecule has 0 saturated heterocycles. The van der Waals surface area contributed by atoms with E-state index < -0.39 is 0 Å². The quantitative estimate of drug-likeness (QED) is 0.744. The van der Waals surface area contributed by atoms with Crippen LogP contribution in [0.1, 0.15) is 11.1 Å². The third-order valence-electron chi connectivity index (χ3n) is 3.38. The molecule has 3 aromatic rings. The first kappa shape index (κ1) is 14.2. The molecule has 5 heteroatoms. The van der Waals surface area contributed by atoms with Crippen molar-refractivity contribution in [3.8, 4) is 5.75 Å². The average Bonchev–Trinajstić information content (AvgIpc) is 2.95. The van der Waals surface area contributed by atoms with Crippen molar-refractivity contribution in [2.24, 2.45) is 0 Å². The van der Waals surface area contributed by atoms with E-state index in [2.05, 4.69) is 16.4 Å². The van der Waals surface area contributed by atoms with Crippen molar-refractivity contribution in [2.45, 2.75) is 13.5 Å². The summed E-state index contributed by atoms with van der Waals surface area (Å²) < 4.78 is 6.41. The second-order valence-electron chi connectivity index (χ2n) is 4.78. The van der Waals surface area contributed by atoms with Crippen molar-refractivity contribution < 1.29 is 4.74 Å². The van der Waals surface area contributed by atoms with E-state index in [-0.39, 0.29) is 0 Å². The molecule has 0 fully saturated rings. The normalized spacial score (nSPS) is 10.8. The summed E-state index contributed by atoms with van der Waals surface area (Å²) in [6.45, 7) is 2.73. The van der Waals surface area contributed by atoms with Gasteiger partial charge in [0.25, 0.3) is 0 Å². The minimum atomic E-state index is 0.693.